The molecule has 0 radical (unpaired) electrons. The Bertz CT molecular complexity index is 1030. The minimum Gasteiger partial charge on any atom is -0.349 e. The Morgan fingerprint density at radius 2 is 1.97 bits per heavy atom. The Balaban J connectivity index is 2.11. The Morgan fingerprint density at radius 1 is 1.17 bits per heavy atom. The van der Waals surface area contributed by atoms with Crippen molar-refractivity contribution in [2.45, 2.75) is 39.7 Å². The van der Waals surface area contributed by atoms with E-state index in [1.165, 1.54) is 19.3 Å². The summed E-state index contributed by atoms with van der Waals surface area (Å²) in [6.07, 6.45) is 2.71. The van der Waals surface area contributed by atoms with Crippen LogP contribution in [0.1, 0.15) is 45.2 Å². The number of aromatic nitrogens is 3. The highest BCUT2D eigenvalue weighted by molar-refractivity contribution is 5.96. The van der Waals surface area contributed by atoms with Crippen LogP contribution in [0.5, 0.6) is 0 Å². The second-order valence-electron chi connectivity index (χ2n) is 6.72. The smallest absolute Gasteiger partial charge is 0.222 e. The Labute approximate surface area is 168 Å². The first-order chi connectivity index (χ1) is 13.9. The molecule has 152 valence electrons. The maximum atomic E-state index is 14.5. The lowest BCUT2D eigenvalue weighted by atomic mass is 10.0. The number of carbonyl (C=O) groups is 1. The van der Waals surface area contributed by atoms with E-state index in [0.29, 0.717) is 35.6 Å². The van der Waals surface area contributed by atoms with Crippen molar-refractivity contribution in [3.63, 3.8) is 0 Å². The van der Waals surface area contributed by atoms with E-state index in [-0.39, 0.29) is 11.5 Å². The van der Waals surface area contributed by atoms with Gasteiger partial charge in [-0.1, -0.05) is 13.8 Å². The van der Waals surface area contributed by atoms with Crippen molar-refractivity contribution < 1.29 is 13.6 Å². The largest absolute Gasteiger partial charge is 0.349 e. The highest BCUT2D eigenvalue weighted by Gasteiger charge is 2.24. The van der Waals surface area contributed by atoms with Crippen LogP contribution in [0.25, 0.3) is 11.0 Å². The average molecular weight is 399 g/mol. The maximum absolute atomic E-state index is 14.5. The predicted octanol–water partition coefficient (Wildman–Crippen LogP) is 4.63. The number of hydrogen-bond donors (Lipinski definition) is 1. The lowest BCUT2D eigenvalue weighted by Gasteiger charge is -2.33. The zero-order chi connectivity index (χ0) is 21.0. The number of halogens is 2. The maximum Gasteiger partial charge on any atom is 0.222 e. The lowest BCUT2D eigenvalue weighted by Crippen LogP contribution is -2.30. The number of fused-ring (bicyclic) bond motifs is 1. The lowest BCUT2D eigenvalue weighted by molar-refractivity contribution is -0.114. The molecule has 0 aliphatic heterocycles. The summed E-state index contributed by atoms with van der Waals surface area (Å²) >= 11 is 0. The molecule has 3 rings (SSSR count). The fourth-order valence-electron chi connectivity index (χ4n) is 3.40. The fraction of sp³-hybridized carbons (Fsp3) is 0.333. The van der Waals surface area contributed by atoms with E-state index in [0.717, 1.165) is 18.6 Å². The van der Waals surface area contributed by atoms with Crippen molar-refractivity contribution >= 4 is 28.6 Å². The van der Waals surface area contributed by atoms with Crippen LogP contribution in [0.4, 0.5) is 20.4 Å². The minimum absolute atomic E-state index is 0.268. The van der Waals surface area contributed by atoms with E-state index < -0.39 is 17.7 Å². The van der Waals surface area contributed by atoms with Gasteiger partial charge in [-0.3, -0.25) is 4.79 Å². The molecule has 3 aromatic rings. The molecule has 0 aliphatic rings. The van der Waals surface area contributed by atoms with E-state index in [4.69, 9.17) is 0 Å². The summed E-state index contributed by atoms with van der Waals surface area (Å²) in [7, 11) is 0. The molecule has 29 heavy (non-hydrogen) atoms. The number of anilines is 2. The van der Waals surface area contributed by atoms with Gasteiger partial charge in [0.1, 0.15) is 29.3 Å². The molecule has 0 saturated heterocycles. The number of pyridine rings is 1. The Morgan fingerprint density at radius 3 is 2.66 bits per heavy atom. The molecule has 1 N–H and O–H groups in total. The van der Waals surface area contributed by atoms with Gasteiger partial charge in [0.25, 0.3) is 0 Å². The van der Waals surface area contributed by atoms with Gasteiger partial charge in [-0.15, -0.1) is 0 Å². The van der Waals surface area contributed by atoms with Gasteiger partial charge in [-0.05, 0) is 43.2 Å². The molecule has 0 saturated carbocycles. The Hall–Kier alpha value is -3.16. The van der Waals surface area contributed by atoms with Crippen LogP contribution >= 0.6 is 0 Å². The summed E-state index contributed by atoms with van der Waals surface area (Å²) in [5.41, 5.74) is 1.30. The molecule has 1 amide bonds. The number of hydrogen-bond acceptors (Lipinski definition) is 5. The molecular formula is C21H23F2N5O. The van der Waals surface area contributed by atoms with Crippen LogP contribution in [0.15, 0.2) is 36.7 Å². The van der Waals surface area contributed by atoms with Crippen molar-refractivity contribution in [3.8, 4) is 0 Å². The van der Waals surface area contributed by atoms with Crippen LogP contribution in [-0.4, -0.2) is 27.4 Å². The van der Waals surface area contributed by atoms with Gasteiger partial charge >= 0.3 is 0 Å². The molecule has 2 aromatic heterocycles. The van der Waals surface area contributed by atoms with Crippen molar-refractivity contribution in [1.82, 2.24) is 15.0 Å². The summed E-state index contributed by atoms with van der Waals surface area (Å²) in [6.45, 7) is 5.91. The van der Waals surface area contributed by atoms with Gasteiger partial charge in [-0.25, -0.2) is 23.7 Å². The first kappa shape index (κ1) is 20.6. The molecule has 0 aliphatic carbocycles. The van der Waals surface area contributed by atoms with Crippen LogP contribution < -0.4 is 10.2 Å². The molecule has 2 heterocycles. The third-order valence-corrected chi connectivity index (χ3v) is 4.60. The zero-order valence-electron chi connectivity index (χ0n) is 16.6. The molecule has 0 spiro atoms. The van der Waals surface area contributed by atoms with Gasteiger partial charge < -0.3 is 10.2 Å². The molecule has 0 bridgehead atoms. The number of amides is 1. The van der Waals surface area contributed by atoms with E-state index in [9.17, 15) is 13.6 Å². The highest BCUT2D eigenvalue weighted by atomic mass is 19.1. The topological polar surface area (TPSA) is 71.0 Å². The quantitative estimate of drug-likeness (QED) is 0.627. The SMILES string of the molecule is CCCN(c1ccc2ncnc(NC(C)=O)c2n1)[C@H](CC)c1cc(F)ccc1F. The van der Waals surface area contributed by atoms with Crippen LogP contribution in [-0.2, 0) is 4.79 Å². The zero-order valence-corrected chi connectivity index (χ0v) is 16.6. The van der Waals surface area contributed by atoms with Crippen LogP contribution in [0, 0.1) is 11.6 Å². The van der Waals surface area contributed by atoms with Crippen molar-refractivity contribution in [1.29, 1.82) is 0 Å². The molecule has 8 heteroatoms. The third-order valence-electron chi connectivity index (χ3n) is 4.60. The van der Waals surface area contributed by atoms with Gasteiger partial charge in [0.05, 0.1) is 11.6 Å². The summed E-state index contributed by atoms with van der Waals surface area (Å²) in [4.78, 5) is 26.4. The molecule has 6 nitrogen and oxygen atoms in total. The van der Waals surface area contributed by atoms with Gasteiger partial charge in [0.15, 0.2) is 5.82 Å². The van der Waals surface area contributed by atoms with Crippen molar-refractivity contribution in [2.24, 2.45) is 0 Å². The molecule has 1 aromatic carbocycles. The molecule has 0 fully saturated rings. The highest BCUT2D eigenvalue weighted by Crippen LogP contribution is 2.32. The van der Waals surface area contributed by atoms with Gasteiger partial charge in [0.2, 0.25) is 5.91 Å². The fourth-order valence-corrected chi connectivity index (χ4v) is 3.40. The first-order valence-electron chi connectivity index (χ1n) is 9.55. The van der Waals surface area contributed by atoms with Gasteiger partial charge in [0, 0.05) is 19.0 Å². The van der Waals surface area contributed by atoms with Gasteiger partial charge in [-0.2, -0.15) is 0 Å². The second kappa shape index (κ2) is 8.89. The second-order valence-corrected chi connectivity index (χ2v) is 6.72. The summed E-state index contributed by atoms with van der Waals surface area (Å²) in [6, 6.07) is 6.67. The monoisotopic (exact) mass is 399 g/mol. The van der Waals surface area contributed by atoms with Crippen LogP contribution in [0.2, 0.25) is 0 Å². The minimum atomic E-state index is -0.482. The third kappa shape index (κ3) is 4.47. The number of benzene rings is 1. The number of rotatable bonds is 7. The summed E-state index contributed by atoms with van der Waals surface area (Å²) in [5, 5.41) is 2.66. The van der Waals surface area contributed by atoms with E-state index >= 15 is 0 Å². The van der Waals surface area contributed by atoms with E-state index in [2.05, 4.69) is 20.3 Å². The number of nitrogens with zero attached hydrogens (tertiary/aromatic N) is 4. The summed E-state index contributed by atoms with van der Waals surface area (Å²) in [5.74, 6) is -0.315. The standard InChI is InChI=1S/C21H23F2N5O/c1-4-10-28(18(5-2)15-11-14(22)6-7-16(15)23)19-9-8-17-20(27-19)21(25-12-24-17)26-13(3)29/h6-9,11-12,18H,4-5,10H2,1-3H3,(H,24,25,26,29)/t18-/m1/s1. The van der Waals surface area contributed by atoms with Crippen LogP contribution in [0.3, 0.4) is 0 Å². The number of carbonyl (C=O) groups excluding carboxylic acids is 1. The van der Waals surface area contributed by atoms with E-state index in [1.54, 1.807) is 12.1 Å². The first-order valence-corrected chi connectivity index (χ1v) is 9.55. The normalized spacial score (nSPS) is 12.0. The molecule has 1 atom stereocenters. The van der Waals surface area contributed by atoms with E-state index in [1.807, 2.05) is 18.7 Å². The van der Waals surface area contributed by atoms with Crippen molar-refractivity contribution in [3.05, 3.63) is 53.9 Å². The average Bonchev–Trinajstić information content (AvgIpc) is 2.70. The number of nitrogens with one attached hydrogen (secondary N) is 1. The van der Waals surface area contributed by atoms with Crippen molar-refractivity contribution in [2.75, 3.05) is 16.8 Å². The molecular weight excluding hydrogens is 376 g/mol. The Kier molecular flexibility index (Phi) is 6.31. The predicted molar refractivity (Wildman–Crippen MR) is 109 cm³/mol. The summed E-state index contributed by atoms with van der Waals surface area (Å²) < 4.78 is 28.3. The molecule has 0 unspecified atom stereocenters.